The number of amides is 3. The zero-order chi connectivity index (χ0) is 19.1. The Balaban J connectivity index is 3.17. The van der Waals surface area contributed by atoms with Gasteiger partial charge in [0.2, 0.25) is 5.75 Å². The Morgan fingerprint density at radius 3 is 2.04 bits per heavy atom. The molecule has 0 aromatic heterocycles. The number of carbonyl (C=O) groups excluding carboxylic acids is 3. The number of esters is 1. The first-order valence-electron chi connectivity index (χ1n) is 7.37. The van der Waals surface area contributed by atoms with Crippen molar-refractivity contribution in [1.82, 2.24) is 5.32 Å². The largest absolute Gasteiger partial charge is 0.493 e. The van der Waals surface area contributed by atoms with E-state index in [1.807, 2.05) is 5.32 Å². The summed E-state index contributed by atoms with van der Waals surface area (Å²) in [5.74, 6) is -1.35. The summed E-state index contributed by atoms with van der Waals surface area (Å²) in [6, 6.07) is 1.90. The molecule has 0 heterocycles. The van der Waals surface area contributed by atoms with Gasteiger partial charge < -0.3 is 24.7 Å². The lowest BCUT2D eigenvalue weighted by atomic mass is 10.1. The van der Waals surface area contributed by atoms with Crippen molar-refractivity contribution in [1.29, 1.82) is 0 Å². The number of benzene rings is 1. The molecule has 0 aliphatic heterocycles. The molecule has 0 fully saturated rings. The van der Waals surface area contributed by atoms with E-state index in [-0.39, 0.29) is 17.1 Å². The molecule has 9 nitrogen and oxygen atoms in total. The predicted molar refractivity (Wildman–Crippen MR) is 87.9 cm³/mol. The van der Waals surface area contributed by atoms with Crippen LogP contribution in [0.2, 0.25) is 0 Å². The summed E-state index contributed by atoms with van der Waals surface area (Å²) in [6.45, 7) is 3.31. The maximum absolute atomic E-state index is 12.5. The third-order valence-electron chi connectivity index (χ3n) is 3.27. The van der Waals surface area contributed by atoms with Crippen molar-refractivity contribution < 1.29 is 33.3 Å². The van der Waals surface area contributed by atoms with Crippen LogP contribution >= 0.6 is 0 Å². The smallest absolute Gasteiger partial charge is 0.342 e. The van der Waals surface area contributed by atoms with Gasteiger partial charge in [0.25, 0.3) is 5.91 Å². The van der Waals surface area contributed by atoms with Crippen LogP contribution in [0.5, 0.6) is 17.2 Å². The quantitative estimate of drug-likeness (QED) is 0.702. The first-order valence-corrected chi connectivity index (χ1v) is 7.37. The Hall–Kier alpha value is -2.97. The molecule has 0 spiro atoms. The number of rotatable bonds is 7. The predicted octanol–water partition coefficient (Wildman–Crippen LogP) is 1.09. The molecule has 0 aliphatic carbocycles. The van der Waals surface area contributed by atoms with Crippen molar-refractivity contribution in [2.45, 2.75) is 20.0 Å². The molecule has 1 aromatic rings. The van der Waals surface area contributed by atoms with Crippen LogP contribution < -0.4 is 25.3 Å². The average Bonchev–Trinajstić information content (AvgIpc) is 2.56. The van der Waals surface area contributed by atoms with E-state index < -0.39 is 29.9 Å². The van der Waals surface area contributed by atoms with Crippen molar-refractivity contribution >= 4 is 17.9 Å². The van der Waals surface area contributed by atoms with Crippen molar-refractivity contribution in [3.63, 3.8) is 0 Å². The van der Waals surface area contributed by atoms with E-state index in [0.717, 1.165) is 0 Å². The van der Waals surface area contributed by atoms with Crippen molar-refractivity contribution in [3.8, 4) is 17.2 Å². The zero-order valence-electron chi connectivity index (χ0n) is 14.7. The summed E-state index contributed by atoms with van der Waals surface area (Å²) in [5.41, 5.74) is 4.97. The van der Waals surface area contributed by atoms with Crippen LogP contribution in [-0.2, 0) is 9.53 Å². The second kappa shape index (κ2) is 8.76. The minimum absolute atomic E-state index is 0.0395. The average molecular weight is 354 g/mol. The van der Waals surface area contributed by atoms with Gasteiger partial charge in [-0.05, 0) is 18.1 Å². The van der Waals surface area contributed by atoms with Gasteiger partial charge in [0, 0.05) is 0 Å². The number of imide groups is 1. The standard InChI is InChI=1S/C16H22N2O7/c1-8(2)11(14(19)18-16(17)21)25-15(20)9-6-7-10(22-3)13(24-5)12(9)23-4/h6-8,11H,1-5H3,(H3,17,18,19,21)/t11-/m1/s1. The van der Waals surface area contributed by atoms with Gasteiger partial charge >= 0.3 is 12.0 Å². The lowest BCUT2D eigenvalue weighted by molar-refractivity contribution is -0.130. The molecule has 25 heavy (non-hydrogen) atoms. The molecular weight excluding hydrogens is 332 g/mol. The molecule has 138 valence electrons. The van der Waals surface area contributed by atoms with Crippen molar-refractivity contribution in [3.05, 3.63) is 17.7 Å². The molecule has 0 radical (unpaired) electrons. The lowest BCUT2D eigenvalue weighted by Crippen LogP contribution is -2.45. The number of carbonyl (C=O) groups is 3. The summed E-state index contributed by atoms with van der Waals surface area (Å²) in [7, 11) is 4.19. The fraction of sp³-hybridized carbons (Fsp3) is 0.438. The van der Waals surface area contributed by atoms with E-state index in [4.69, 9.17) is 24.7 Å². The van der Waals surface area contributed by atoms with Crippen LogP contribution in [0.3, 0.4) is 0 Å². The van der Waals surface area contributed by atoms with E-state index in [1.165, 1.54) is 33.5 Å². The van der Waals surface area contributed by atoms with E-state index in [2.05, 4.69) is 0 Å². The zero-order valence-corrected chi connectivity index (χ0v) is 14.7. The third-order valence-corrected chi connectivity index (χ3v) is 3.27. The number of hydrogen-bond donors (Lipinski definition) is 2. The molecular formula is C16H22N2O7. The first kappa shape index (κ1) is 20.1. The highest BCUT2D eigenvalue weighted by atomic mass is 16.6. The maximum Gasteiger partial charge on any atom is 0.342 e. The van der Waals surface area contributed by atoms with E-state index >= 15 is 0 Å². The number of nitrogens with two attached hydrogens (primary N) is 1. The second-order valence-electron chi connectivity index (χ2n) is 5.31. The lowest BCUT2D eigenvalue weighted by Gasteiger charge is -2.21. The van der Waals surface area contributed by atoms with Gasteiger partial charge in [-0.25, -0.2) is 9.59 Å². The highest BCUT2D eigenvalue weighted by Crippen LogP contribution is 2.40. The second-order valence-corrected chi connectivity index (χ2v) is 5.31. The minimum atomic E-state index is -1.21. The van der Waals surface area contributed by atoms with Crippen molar-refractivity contribution in [2.75, 3.05) is 21.3 Å². The molecule has 0 saturated heterocycles. The van der Waals surface area contributed by atoms with Gasteiger partial charge in [-0.3, -0.25) is 10.1 Å². The Kier molecular flexibility index (Phi) is 7.04. The Labute approximate surface area is 145 Å². The van der Waals surface area contributed by atoms with Crippen LogP contribution in [0, 0.1) is 5.92 Å². The SMILES string of the molecule is COc1ccc(C(=O)O[C@@H](C(=O)NC(N)=O)C(C)C)c(OC)c1OC. The summed E-state index contributed by atoms with van der Waals surface area (Å²) >= 11 is 0. The van der Waals surface area contributed by atoms with Gasteiger partial charge in [0.05, 0.1) is 21.3 Å². The summed E-state index contributed by atoms with van der Waals surface area (Å²) in [4.78, 5) is 35.3. The highest BCUT2D eigenvalue weighted by Gasteiger charge is 2.30. The molecule has 0 unspecified atom stereocenters. The molecule has 0 bridgehead atoms. The van der Waals surface area contributed by atoms with Crippen LogP contribution in [0.15, 0.2) is 12.1 Å². The number of nitrogens with one attached hydrogen (secondary N) is 1. The minimum Gasteiger partial charge on any atom is -0.493 e. The van der Waals surface area contributed by atoms with Crippen molar-refractivity contribution in [2.24, 2.45) is 11.7 Å². The van der Waals surface area contributed by atoms with Gasteiger partial charge in [0.15, 0.2) is 17.6 Å². The fourth-order valence-electron chi connectivity index (χ4n) is 2.13. The fourth-order valence-corrected chi connectivity index (χ4v) is 2.13. The number of hydrogen-bond acceptors (Lipinski definition) is 7. The van der Waals surface area contributed by atoms with E-state index in [9.17, 15) is 14.4 Å². The topological polar surface area (TPSA) is 126 Å². The first-order chi connectivity index (χ1) is 11.8. The van der Waals surface area contributed by atoms with Crippen LogP contribution in [-0.4, -0.2) is 45.3 Å². The molecule has 0 saturated carbocycles. The van der Waals surface area contributed by atoms with E-state index in [0.29, 0.717) is 5.75 Å². The maximum atomic E-state index is 12.5. The molecule has 1 aromatic carbocycles. The Morgan fingerprint density at radius 1 is 1.00 bits per heavy atom. The van der Waals surface area contributed by atoms with Gasteiger partial charge in [0.1, 0.15) is 5.56 Å². The van der Waals surface area contributed by atoms with E-state index in [1.54, 1.807) is 13.8 Å². The highest BCUT2D eigenvalue weighted by molar-refractivity contribution is 5.99. The Morgan fingerprint density at radius 2 is 1.60 bits per heavy atom. The number of ether oxygens (including phenoxy) is 4. The summed E-state index contributed by atoms with van der Waals surface area (Å²) in [6.07, 6.45) is -1.21. The van der Waals surface area contributed by atoms with Gasteiger partial charge in [-0.2, -0.15) is 0 Å². The molecule has 1 atom stereocenters. The van der Waals surface area contributed by atoms with Crippen LogP contribution in [0.25, 0.3) is 0 Å². The number of methoxy groups -OCH3 is 3. The molecule has 0 aliphatic rings. The van der Waals surface area contributed by atoms with Gasteiger partial charge in [-0.1, -0.05) is 13.8 Å². The summed E-state index contributed by atoms with van der Waals surface area (Å²) < 4.78 is 20.8. The normalized spacial score (nSPS) is 11.4. The monoisotopic (exact) mass is 354 g/mol. The third kappa shape index (κ3) is 4.75. The molecule has 3 N–H and O–H groups in total. The summed E-state index contributed by atoms with van der Waals surface area (Å²) in [5, 5.41) is 1.90. The molecule has 9 heteroatoms. The Bertz CT molecular complexity index is 658. The van der Waals surface area contributed by atoms with Gasteiger partial charge in [-0.15, -0.1) is 0 Å². The van der Waals surface area contributed by atoms with Crippen LogP contribution in [0.4, 0.5) is 4.79 Å². The number of primary amides is 1. The van der Waals surface area contributed by atoms with Crippen LogP contribution in [0.1, 0.15) is 24.2 Å². The molecule has 3 amide bonds. The molecule has 1 rings (SSSR count). The number of urea groups is 1.